The highest BCUT2D eigenvalue weighted by Gasteiger charge is 2.02. The Labute approximate surface area is 105 Å². The number of benzene rings is 1. The predicted molar refractivity (Wildman–Crippen MR) is 68.3 cm³/mol. The van der Waals surface area contributed by atoms with Crippen molar-refractivity contribution in [2.45, 2.75) is 26.6 Å². The highest BCUT2D eigenvalue weighted by atomic mass is 32.1. The number of hydrogen-bond acceptors (Lipinski definition) is 4. The van der Waals surface area contributed by atoms with Crippen molar-refractivity contribution in [2.75, 3.05) is 0 Å². The summed E-state index contributed by atoms with van der Waals surface area (Å²) < 4.78 is 5.63. The number of ether oxygens (including phenoxy) is 1. The van der Waals surface area contributed by atoms with Crippen LogP contribution in [-0.2, 0) is 6.61 Å². The van der Waals surface area contributed by atoms with Crippen LogP contribution in [0.4, 0.5) is 0 Å². The lowest BCUT2D eigenvalue weighted by Gasteiger charge is -2.07. The molecule has 1 aromatic carbocycles. The second-order valence-corrected chi connectivity index (χ2v) is 5.20. The lowest BCUT2D eigenvalue weighted by molar-refractivity contribution is 0.199. The van der Waals surface area contributed by atoms with E-state index in [2.05, 4.69) is 4.98 Å². The third-order valence-electron chi connectivity index (χ3n) is 2.41. The average molecular weight is 249 g/mol. The van der Waals surface area contributed by atoms with Crippen molar-refractivity contribution in [1.82, 2.24) is 4.98 Å². The SMILES string of the molecule is Cc1ncc(COc2ccc([C@@H](C)O)cc2)s1. The first-order valence-electron chi connectivity index (χ1n) is 5.47. The van der Waals surface area contributed by atoms with E-state index in [0.717, 1.165) is 21.2 Å². The summed E-state index contributed by atoms with van der Waals surface area (Å²) in [7, 11) is 0. The monoisotopic (exact) mass is 249 g/mol. The number of rotatable bonds is 4. The number of thiazole rings is 1. The van der Waals surface area contributed by atoms with Crippen LogP contribution in [0, 0.1) is 6.92 Å². The summed E-state index contributed by atoms with van der Waals surface area (Å²) in [5, 5.41) is 10.4. The van der Waals surface area contributed by atoms with Crippen molar-refractivity contribution >= 4 is 11.3 Å². The van der Waals surface area contributed by atoms with Crippen molar-refractivity contribution in [1.29, 1.82) is 0 Å². The summed E-state index contributed by atoms with van der Waals surface area (Å²) in [6.07, 6.45) is 1.40. The van der Waals surface area contributed by atoms with Gasteiger partial charge in [0.25, 0.3) is 0 Å². The molecule has 1 N–H and O–H groups in total. The average Bonchev–Trinajstić information content (AvgIpc) is 2.73. The molecule has 0 radical (unpaired) electrons. The van der Waals surface area contributed by atoms with E-state index in [-0.39, 0.29) is 0 Å². The van der Waals surface area contributed by atoms with Crippen LogP contribution in [0.5, 0.6) is 5.75 Å². The highest BCUT2D eigenvalue weighted by molar-refractivity contribution is 7.11. The summed E-state index contributed by atoms with van der Waals surface area (Å²) in [6, 6.07) is 7.49. The number of hydrogen-bond donors (Lipinski definition) is 1. The summed E-state index contributed by atoms with van der Waals surface area (Å²) in [5.41, 5.74) is 0.894. The minimum atomic E-state index is -0.437. The van der Waals surface area contributed by atoms with Crippen molar-refractivity contribution in [2.24, 2.45) is 0 Å². The van der Waals surface area contributed by atoms with Gasteiger partial charge in [-0.2, -0.15) is 0 Å². The fraction of sp³-hybridized carbons (Fsp3) is 0.308. The molecular formula is C13H15NO2S. The van der Waals surface area contributed by atoms with E-state index in [9.17, 15) is 5.11 Å². The Morgan fingerprint density at radius 2 is 2.06 bits per heavy atom. The molecule has 17 heavy (non-hydrogen) atoms. The number of aryl methyl sites for hydroxylation is 1. The predicted octanol–water partition coefficient (Wildman–Crippen LogP) is 3.08. The molecule has 0 amide bonds. The molecule has 2 rings (SSSR count). The van der Waals surface area contributed by atoms with Gasteiger partial charge in [-0.3, -0.25) is 0 Å². The first-order valence-corrected chi connectivity index (χ1v) is 6.29. The van der Waals surface area contributed by atoms with Crippen molar-refractivity contribution in [3.63, 3.8) is 0 Å². The molecule has 2 aromatic rings. The normalized spacial score (nSPS) is 12.4. The smallest absolute Gasteiger partial charge is 0.124 e. The Bertz CT molecular complexity index is 476. The van der Waals surface area contributed by atoms with Gasteiger partial charge >= 0.3 is 0 Å². The highest BCUT2D eigenvalue weighted by Crippen LogP contribution is 2.19. The fourth-order valence-electron chi connectivity index (χ4n) is 1.47. The molecule has 3 nitrogen and oxygen atoms in total. The molecular weight excluding hydrogens is 234 g/mol. The minimum absolute atomic E-state index is 0.437. The second kappa shape index (κ2) is 5.29. The van der Waals surface area contributed by atoms with Crippen LogP contribution < -0.4 is 4.74 Å². The van der Waals surface area contributed by atoms with Gasteiger partial charge in [-0.1, -0.05) is 12.1 Å². The molecule has 1 atom stereocenters. The van der Waals surface area contributed by atoms with E-state index in [4.69, 9.17) is 4.74 Å². The van der Waals surface area contributed by atoms with Crippen LogP contribution in [0.25, 0.3) is 0 Å². The number of nitrogens with zero attached hydrogens (tertiary/aromatic N) is 1. The standard InChI is InChI=1S/C13H15NO2S/c1-9(15)11-3-5-12(6-4-11)16-8-13-7-14-10(2)17-13/h3-7,9,15H,8H2,1-2H3/t9-/m1/s1. The number of aliphatic hydroxyl groups excluding tert-OH is 1. The molecule has 0 spiro atoms. The Morgan fingerprint density at radius 1 is 1.35 bits per heavy atom. The number of aromatic nitrogens is 1. The van der Waals surface area contributed by atoms with Gasteiger partial charge in [0, 0.05) is 6.20 Å². The van der Waals surface area contributed by atoms with Crippen LogP contribution in [-0.4, -0.2) is 10.1 Å². The summed E-state index contributed by atoms with van der Waals surface area (Å²) in [5.74, 6) is 0.806. The van der Waals surface area contributed by atoms with Crippen LogP contribution in [0.1, 0.15) is 28.5 Å². The van der Waals surface area contributed by atoms with Gasteiger partial charge in [0.2, 0.25) is 0 Å². The maximum absolute atomic E-state index is 9.38. The van der Waals surface area contributed by atoms with Gasteiger partial charge < -0.3 is 9.84 Å². The largest absolute Gasteiger partial charge is 0.488 e. The van der Waals surface area contributed by atoms with E-state index in [1.54, 1.807) is 18.3 Å². The van der Waals surface area contributed by atoms with E-state index in [1.165, 1.54) is 0 Å². The molecule has 0 aliphatic rings. The molecule has 1 heterocycles. The lowest BCUT2D eigenvalue weighted by Crippen LogP contribution is -1.94. The van der Waals surface area contributed by atoms with E-state index in [0.29, 0.717) is 6.61 Å². The van der Waals surface area contributed by atoms with Gasteiger partial charge in [0.05, 0.1) is 16.0 Å². The first kappa shape index (κ1) is 12.1. The van der Waals surface area contributed by atoms with Crippen LogP contribution in [0.3, 0.4) is 0 Å². The topological polar surface area (TPSA) is 42.4 Å². The molecule has 0 unspecified atom stereocenters. The van der Waals surface area contributed by atoms with Gasteiger partial charge in [-0.25, -0.2) is 4.98 Å². The molecule has 0 fully saturated rings. The van der Waals surface area contributed by atoms with Crippen LogP contribution >= 0.6 is 11.3 Å². The summed E-state index contributed by atoms with van der Waals surface area (Å²) >= 11 is 1.64. The first-order chi connectivity index (χ1) is 8.15. The van der Waals surface area contributed by atoms with E-state index >= 15 is 0 Å². The molecule has 0 bridgehead atoms. The quantitative estimate of drug-likeness (QED) is 0.905. The molecule has 90 valence electrons. The van der Waals surface area contributed by atoms with E-state index < -0.39 is 6.10 Å². The minimum Gasteiger partial charge on any atom is -0.488 e. The van der Waals surface area contributed by atoms with Gasteiger partial charge in [0.15, 0.2) is 0 Å². The van der Waals surface area contributed by atoms with Crippen molar-refractivity contribution in [3.05, 3.63) is 45.9 Å². The van der Waals surface area contributed by atoms with Crippen LogP contribution in [0.15, 0.2) is 30.5 Å². The number of aliphatic hydroxyl groups is 1. The Kier molecular flexibility index (Phi) is 3.76. The van der Waals surface area contributed by atoms with Crippen LogP contribution in [0.2, 0.25) is 0 Å². The molecule has 0 aliphatic heterocycles. The van der Waals surface area contributed by atoms with Gasteiger partial charge in [-0.05, 0) is 31.5 Å². The maximum atomic E-state index is 9.38. The third kappa shape index (κ3) is 3.28. The van der Waals surface area contributed by atoms with Gasteiger partial charge in [0.1, 0.15) is 12.4 Å². The molecule has 0 aliphatic carbocycles. The lowest BCUT2D eigenvalue weighted by atomic mass is 10.1. The summed E-state index contributed by atoms with van der Waals surface area (Å²) in [6.45, 7) is 4.26. The molecule has 0 saturated carbocycles. The summed E-state index contributed by atoms with van der Waals surface area (Å²) in [4.78, 5) is 5.28. The molecule has 0 saturated heterocycles. The fourth-order valence-corrected chi connectivity index (χ4v) is 2.18. The van der Waals surface area contributed by atoms with Crippen molar-refractivity contribution < 1.29 is 9.84 Å². The van der Waals surface area contributed by atoms with Gasteiger partial charge in [-0.15, -0.1) is 11.3 Å². The second-order valence-electron chi connectivity index (χ2n) is 3.88. The van der Waals surface area contributed by atoms with Crippen molar-refractivity contribution in [3.8, 4) is 5.75 Å². The maximum Gasteiger partial charge on any atom is 0.124 e. The Morgan fingerprint density at radius 3 is 2.59 bits per heavy atom. The third-order valence-corrected chi connectivity index (χ3v) is 3.30. The Balaban J connectivity index is 1.95. The van der Waals surface area contributed by atoms with E-state index in [1.807, 2.05) is 37.4 Å². The zero-order valence-electron chi connectivity index (χ0n) is 9.88. The molecule has 4 heteroatoms. The Hall–Kier alpha value is -1.39. The zero-order chi connectivity index (χ0) is 12.3. The zero-order valence-corrected chi connectivity index (χ0v) is 10.7. The molecule has 1 aromatic heterocycles.